The summed E-state index contributed by atoms with van der Waals surface area (Å²) in [5.74, 6) is 0. The quantitative estimate of drug-likeness (QED) is 0.723. The molecule has 0 aromatic heterocycles. The Kier molecular flexibility index (Phi) is 3.83. The minimum absolute atomic E-state index is 0.0426. The molecule has 1 unspecified atom stereocenters. The van der Waals surface area contributed by atoms with Crippen LogP contribution in [0.15, 0.2) is 11.6 Å². The first-order valence-corrected chi connectivity index (χ1v) is 6.05. The summed E-state index contributed by atoms with van der Waals surface area (Å²) in [6, 6.07) is 0. The summed E-state index contributed by atoms with van der Waals surface area (Å²) in [4.78, 5) is 13.2. The molecule has 2 heterocycles. The number of ether oxygens (including phenoxy) is 1. The largest absolute Gasteiger partial charge is 0.444 e. The Labute approximate surface area is 96.6 Å². The van der Waals surface area contributed by atoms with Gasteiger partial charge in [-0.2, -0.15) is 0 Å². The van der Waals surface area contributed by atoms with Gasteiger partial charge in [0, 0.05) is 13.0 Å². The van der Waals surface area contributed by atoms with Gasteiger partial charge in [0.25, 0.3) is 0 Å². The highest BCUT2D eigenvalue weighted by Gasteiger charge is 2.21. The van der Waals surface area contributed by atoms with Gasteiger partial charge in [0.1, 0.15) is 6.10 Å². The summed E-state index contributed by atoms with van der Waals surface area (Å²) < 4.78 is 5.10. The average Bonchev–Trinajstić information content (AvgIpc) is 2.56. The Balaban J connectivity index is 1.80. The molecule has 1 N–H and O–H groups in total. The molecule has 0 spiro atoms. The number of hydrogen-bond acceptors (Lipinski definition) is 3. The Bertz CT molecular complexity index is 289. The fourth-order valence-corrected chi connectivity index (χ4v) is 2.21. The van der Waals surface area contributed by atoms with Gasteiger partial charge in [-0.1, -0.05) is 11.6 Å². The van der Waals surface area contributed by atoms with Crippen LogP contribution in [0.1, 0.15) is 25.7 Å². The normalized spacial score (nSPS) is 29.9. The summed E-state index contributed by atoms with van der Waals surface area (Å²) in [7, 11) is 2.17. The molecule has 0 aromatic carbocycles. The first-order chi connectivity index (χ1) is 7.74. The smallest absolute Gasteiger partial charge is 0.407 e. The van der Waals surface area contributed by atoms with Crippen LogP contribution >= 0.6 is 0 Å². The molecular formula is C12H20N2O2. The zero-order valence-electron chi connectivity index (χ0n) is 9.87. The number of amides is 1. The minimum Gasteiger partial charge on any atom is -0.444 e. The van der Waals surface area contributed by atoms with Crippen LogP contribution in [0, 0.1) is 0 Å². The molecule has 2 fully saturated rings. The summed E-state index contributed by atoms with van der Waals surface area (Å²) in [6.07, 6.45) is 6.49. The fraction of sp³-hybridized carbons (Fsp3) is 0.750. The van der Waals surface area contributed by atoms with Crippen LogP contribution < -0.4 is 5.32 Å². The van der Waals surface area contributed by atoms with E-state index in [0.29, 0.717) is 6.54 Å². The van der Waals surface area contributed by atoms with Crippen molar-refractivity contribution in [3.8, 4) is 0 Å². The van der Waals surface area contributed by atoms with Crippen LogP contribution in [0.3, 0.4) is 0 Å². The van der Waals surface area contributed by atoms with Gasteiger partial charge in [-0.3, -0.25) is 0 Å². The van der Waals surface area contributed by atoms with Crippen LogP contribution in [-0.4, -0.2) is 43.8 Å². The predicted octanol–water partition coefficient (Wildman–Crippen LogP) is 1.53. The molecule has 0 aromatic rings. The molecule has 16 heavy (non-hydrogen) atoms. The number of rotatable bonds is 2. The Morgan fingerprint density at radius 3 is 3.12 bits per heavy atom. The fourth-order valence-electron chi connectivity index (χ4n) is 2.21. The highest BCUT2D eigenvalue weighted by atomic mass is 16.6. The molecule has 4 nitrogen and oxygen atoms in total. The third-order valence-electron chi connectivity index (χ3n) is 3.27. The van der Waals surface area contributed by atoms with Crippen molar-refractivity contribution in [1.29, 1.82) is 0 Å². The highest BCUT2D eigenvalue weighted by molar-refractivity contribution is 5.69. The van der Waals surface area contributed by atoms with Crippen LogP contribution in [-0.2, 0) is 4.74 Å². The van der Waals surface area contributed by atoms with Crippen molar-refractivity contribution >= 4 is 6.09 Å². The van der Waals surface area contributed by atoms with Crippen LogP contribution in [0.4, 0.5) is 4.79 Å². The number of cyclic esters (lactones) is 1. The maximum atomic E-state index is 10.8. The maximum absolute atomic E-state index is 10.8. The number of likely N-dealkylation sites (tertiary alicyclic amines) is 1. The molecule has 0 bridgehead atoms. The molecule has 2 saturated heterocycles. The molecular weight excluding hydrogens is 204 g/mol. The molecule has 4 heteroatoms. The second kappa shape index (κ2) is 5.34. The van der Waals surface area contributed by atoms with Crippen LogP contribution in [0.5, 0.6) is 0 Å². The molecule has 1 amide bonds. The van der Waals surface area contributed by atoms with Crippen molar-refractivity contribution in [3.63, 3.8) is 0 Å². The summed E-state index contributed by atoms with van der Waals surface area (Å²) in [5.41, 5.74) is 1.52. The zero-order chi connectivity index (χ0) is 11.4. The van der Waals surface area contributed by atoms with Crippen LogP contribution in [0.25, 0.3) is 0 Å². The van der Waals surface area contributed by atoms with Crippen molar-refractivity contribution in [2.75, 3.05) is 26.7 Å². The molecule has 1 atom stereocenters. The lowest BCUT2D eigenvalue weighted by atomic mass is 10.1. The zero-order valence-corrected chi connectivity index (χ0v) is 9.87. The number of carbonyl (C=O) groups is 1. The maximum Gasteiger partial charge on any atom is 0.407 e. The standard InChI is InChI=1S/C12H20N2O2/c1-14-7-2-3-10(6-8-14)4-5-11-9-13-12(15)16-11/h4,11H,2-3,5-9H2,1H3,(H,13,15)/b10-4+. The van der Waals surface area contributed by atoms with Gasteiger partial charge in [0.2, 0.25) is 0 Å². The minimum atomic E-state index is -0.274. The second-order valence-corrected chi connectivity index (χ2v) is 4.66. The van der Waals surface area contributed by atoms with E-state index in [2.05, 4.69) is 23.3 Å². The number of hydrogen-bond donors (Lipinski definition) is 1. The monoisotopic (exact) mass is 224 g/mol. The van der Waals surface area contributed by atoms with Gasteiger partial charge in [-0.25, -0.2) is 4.79 Å². The van der Waals surface area contributed by atoms with Crippen molar-refractivity contribution < 1.29 is 9.53 Å². The van der Waals surface area contributed by atoms with Gasteiger partial charge in [-0.15, -0.1) is 0 Å². The van der Waals surface area contributed by atoms with E-state index in [1.54, 1.807) is 0 Å². The van der Waals surface area contributed by atoms with Crippen molar-refractivity contribution in [3.05, 3.63) is 11.6 Å². The summed E-state index contributed by atoms with van der Waals surface area (Å²) in [6.45, 7) is 2.99. The van der Waals surface area contributed by atoms with E-state index in [4.69, 9.17) is 4.74 Å². The molecule has 2 rings (SSSR count). The molecule has 0 saturated carbocycles. The third-order valence-corrected chi connectivity index (χ3v) is 3.27. The van der Waals surface area contributed by atoms with Gasteiger partial charge in [0.15, 0.2) is 0 Å². The van der Waals surface area contributed by atoms with Gasteiger partial charge < -0.3 is 15.0 Å². The molecule has 0 radical (unpaired) electrons. The molecule has 0 aliphatic carbocycles. The van der Waals surface area contributed by atoms with Gasteiger partial charge >= 0.3 is 6.09 Å². The number of nitrogens with one attached hydrogen (secondary N) is 1. The van der Waals surface area contributed by atoms with E-state index < -0.39 is 0 Å². The number of carbonyl (C=O) groups excluding carboxylic acids is 1. The Morgan fingerprint density at radius 1 is 1.50 bits per heavy atom. The first-order valence-electron chi connectivity index (χ1n) is 6.05. The topological polar surface area (TPSA) is 41.6 Å². The summed E-state index contributed by atoms with van der Waals surface area (Å²) >= 11 is 0. The van der Waals surface area contributed by atoms with Crippen molar-refractivity contribution in [2.24, 2.45) is 0 Å². The lowest BCUT2D eigenvalue weighted by molar-refractivity contribution is 0.141. The Hall–Kier alpha value is -1.03. The predicted molar refractivity (Wildman–Crippen MR) is 62.3 cm³/mol. The second-order valence-electron chi connectivity index (χ2n) is 4.66. The van der Waals surface area contributed by atoms with E-state index in [9.17, 15) is 4.79 Å². The average molecular weight is 224 g/mol. The molecule has 90 valence electrons. The molecule has 2 aliphatic rings. The van der Waals surface area contributed by atoms with E-state index in [1.807, 2.05) is 0 Å². The van der Waals surface area contributed by atoms with E-state index in [-0.39, 0.29) is 12.2 Å². The van der Waals surface area contributed by atoms with Crippen molar-refractivity contribution in [2.45, 2.75) is 31.8 Å². The lowest BCUT2D eigenvalue weighted by Gasteiger charge is -2.11. The number of alkyl carbamates (subject to hydrolysis) is 1. The number of nitrogens with zero attached hydrogens (tertiary/aromatic N) is 1. The highest BCUT2D eigenvalue weighted by Crippen LogP contribution is 2.17. The summed E-state index contributed by atoms with van der Waals surface area (Å²) in [5, 5.41) is 2.68. The lowest BCUT2D eigenvalue weighted by Crippen LogP contribution is -2.18. The van der Waals surface area contributed by atoms with Crippen LogP contribution in [0.2, 0.25) is 0 Å². The van der Waals surface area contributed by atoms with Gasteiger partial charge in [-0.05, 0) is 32.9 Å². The first kappa shape index (κ1) is 11.5. The van der Waals surface area contributed by atoms with Crippen molar-refractivity contribution in [1.82, 2.24) is 10.2 Å². The van der Waals surface area contributed by atoms with E-state index in [1.165, 1.54) is 25.0 Å². The van der Waals surface area contributed by atoms with Gasteiger partial charge in [0.05, 0.1) is 6.54 Å². The SMILES string of the molecule is CN1CCC/C(=C\CC2CNC(=O)O2)CC1. The van der Waals surface area contributed by atoms with E-state index >= 15 is 0 Å². The third kappa shape index (κ3) is 3.23. The van der Waals surface area contributed by atoms with E-state index in [0.717, 1.165) is 19.4 Å². The Morgan fingerprint density at radius 2 is 2.38 bits per heavy atom. The molecule has 2 aliphatic heterocycles.